The van der Waals surface area contributed by atoms with E-state index in [2.05, 4.69) is 30.1 Å². The largest absolute Gasteiger partial charge is 0.497 e. The molecule has 1 aliphatic heterocycles. The van der Waals surface area contributed by atoms with Crippen LogP contribution in [0.3, 0.4) is 0 Å². The monoisotopic (exact) mass is 453 g/mol. The van der Waals surface area contributed by atoms with Crippen LogP contribution >= 0.6 is 23.1 Å². The third-order valence-corrected chi connectivity index (χ3v) is 7.28. The van der Waals surface area contributed by atoms with Gasteiger partial charge in [-0.25, -0.2) is 0 Å². The van der Waals surface area contributed by atoms with Crippen LogP contribution in [-0.2, 0) is 4.79 Å². The third-order valence-electron chi connectivity index (χ3n) is 5.29. The van der Waals surface area contributed by atoms with Crippen molar-refractivity contribution in [2.45, 2.75) is 48.6 Å². The number of hydrogen-bond donors (Lipinski definition) is 1. The minimum Gasteiger partial charge on any atom is -0.497 e. The average molecular weight is 454 g/mol. The number of nitrogens with two attached hydrogens (primary N) is 1. The van der Waals surface area contributed by atoms with Gasteiger partial charge >= 0.3 is 0 Å². The van der Waals surface area contributed by atoms with Crippen molar-refractivity contribution in [3.63, 3.8) is 0 Å². The lowest BCUT2D eigenvalue weighted by Gasteiger charge is -2.38. The summed E-state index contributed by atoms with van der Waals surface area (Å²) in [5.74, 6) is 0.583. The molecule has 0 saturated carbocycles. The molecule has 31 heavy (non-hydrogen) atoms. The highest BCUT2D eigenvalue weighted by atomic mass is 32.2. The zero-order valence-electron chi connectivity index (χ0n) is 17.6. The van der Waals surface area contributed by atoms with Crippen LogP contribution in [0.5, 0.6) is 5.75 Å². The summed E-state index contributed by atoms with van der Waals surface area (Å²) in [5, 5.41) is 19.6. The van der Waals surface area contributed by atoms with E-state index in [0.717, 1.165) is 22.0 Å². The number of allylic oxidation sites excluding steroid dienone is 3. The highest BCUT2D eigenvalue weighted by Gasteiger charge is 2.41. The van der Waals surface area contributed by atoms with Gasteiger partial charge in [0.05, 0.1) is 24.7 Å². The van der Waals surface area contributed by atoms with Gasteiger partial charge in [-0.1, -0.05) is 49.1 Å². The normalized spacial score (nSPS) is 19.0. The maximum Gasteiger partial charge on any atom is 0.219 e. The van der Waals surface area contributed by atoms with E-state index in [9.17, 15) is 10.1 Å². The van der Waals surface area contributed by atoms with Crippen molar-refractivity contribution in [1.82, 2.24) is 10.2 Å². The van der Waals surface area contributed by atoms with Crippen molar-refractivity contribution >= 4 is 34.0 Å². The molecule has 1 aromatic heterocycles. The van der Waals surface area contributed by atoms with Crippen LogP contribution in [0.1, 0.15) is 44.6 Å². The van der Waals surface area contributed by atoms with Crippen LogP contribution in [0.2, 0.25) is 0 Å². The minimum absolute atomic E-state index is 0.0496. The molecular weight excluding hydrogens is 430 g/mol. The van der Waals surface area contributed by atoms with Gasteiger partial charge in [0.15, 0.2) is 10.1 Å². The summed E-state index contributed by atoms with van der Waals surface area (Å²) < 4.78 is 6.09. The summed E-state index contributed by atoms with van der Waals surface area (Å²) >= 11 is 3.05. The molecule has 0 spiro atoms. The Kier molecular flexibility index (Phi) is 6.03. The quantitative estimate of drug-likeness (QED) is 0.666. The van der Waals surface area contributed by atoms with Gasteiger partial charge < -0.3 is 10.5 Å². The Hall–Kier alpha value is -2.83. The molecule has 1 aliphatic carbocycles. The number of carbonyl (C=O) groups excluding carboxylic acids is 1. The second-order valence-electron chi connectivity index (χ2n) is 7.61. The van der Waals surface area contributed by atoms with Crippen molar-refractivity contribution in [3.05, 3.63) is 52.5 Å². The van der Waals surface area contributed by atoms with Crippen LogP contribution in [0.4, 0.5) is 5.13 Å². The molecule has 4 rings (SSSR count). The number of anilines is 1. The lowest BCUT2D eigenvalue weighted by atomic mass is 9.76. The molecule has 1 unspecified atom stereocenters. The molecule has 7 nitrogen and oxygen atoms in total. The van der Waals surface area contributed by atoms with Crippen molar-refractivity contribution in [1.29, 1.82) is 5.26 Å². The van der Waals surface area contributed by atoms with Crippen LogP contribution in [0, 0.1) is 11.3 Å². The Bertz CT molecular complexity index is 1110. The van der Waals surface area contributed by atoms with E-state index in [4.69, 9.17) is 10.5 Å². The Balaban J connectivity index is 1.86. The van der Waals surface area contributed by atoms with E-state index >= 15 is 0 Å². The summed E-state index contributed by atoms with van der Waals surface area (Å²) in [6.07, 6.45) is 1.90. The number of ketones is 1. The van der Waals surface area contributed by atoms with Crippen molar-refractivity contribution < 1.29 is 9.53 Å². The number of methoxy groups -OCH3 is 1. The van der Waals surface area contributed by atoms with E-state index < -0.39 is 5.92 Å². The molecule has 9 heteroatoms. The van der Waals surface area contributed by atoms with Gasteiger partial charge in [0.1, 0.15) is 11.6 Å². The first kappa shape index (κ1) is 21.4. The predicted molar refractivity (Wildman–Crippen MR) is 122 cm³/mol. The number of rotatable bonds is 5. The van der Waals surface area contributed by atoms with Gasteiger partial charge in [0.2, 0.25) is 5.13 Å². The van der Waals surface area contributed by atoms with Crippen LogP contribution < -0.4 is 15.4 Å². The first-order valence-corrected chi connectivity index (χ1v) is 11.7. The standard InChI is InChI=1S/C22H23N5O2S2/c1-12(2)30-22-26-25-21(31-22)27-16-5-4-6-17(28)19(16)18(15(11-23)20(27)24)13-7-9-14(29-3)10-8-13/h7-10,12,18H,4-6,24H2,1-3H3. The summed E-state index contributed by atoms with van der Waals surface area (Å²) in [6, 6.07) is 9.71. The number of nitrogens with zero attached hydrogens (tertiary/aromatic N) is 4. The average Bonchev–Trinajstić information content (AvgIpc) is 3.20. The Morgan fingerprint density at radius 2 is 2.03 bits per heavy atom. The number of benzene rings is 1. The molecule has 2 N–H and O–H groups in total. The summed E-state index contributed by atoms with van der Waals surface area (Å²) in [6.45, 7) is 4.18. The summed E-state index contributed by atoms with van der Waals surface area (Å²) in [4.78, 5) is 14.9. The fourth-order valence-corrected chi connectivity index (χ4v) is 6.08. The summed E-state index contributed by atoms with van der Waals surface area (Å²) in [5.41, 5.74) is 9.21. The summed E-state index contributed by atoms with van der Waals surface area (Å²) in [7, 11) is 1.60. The molecule has 2 aliphatic rings. The van der Waals surface area contributed by atoms with Gasteiger partial charge in [-0.15, -0.1) is 10.2 Å². The van der Waals surface area contributed by atoms with Gasteiger partial charge in [-0.2, -0.15) is 5.26 Å². The van der Waals surface area contributed by atoms with Gasteiger partial charge in [0, 0.05) is 22.9 Å². The molecule has 0 amide bonds. The second kappa shape index (κ2) is 8.73. The highest BCUT2D eigenvalue weighted by Crippen LogP contribution is 2.47. The molecule has 0 bridgehead atoms. The molecule has 1 aromatic carbocycles. The number of Topliss-reactive ketones (excluding diaryl/α,β-unsaturated/α-hetero) is 1. The molecule has 2 aromatic rings. The lowest BCUT2D eigenvalue weighted by molar-refractivity contribution is -0.116. The molecule has 160 valence electrons. The molecule has 0 fully saturated rings. The van der Waals surface area contributed by atoms with Gasteiger partial charge in [0.25, 0.3) is 0 Å². The number of hydrogen-bond acceptors (Lipinski definition) is 9. The van der Waals surface area contributed by atoms with E-state index in [1.54, 1.807) is 23.8 Å². The number of carbonyl (C=O) groups is 1. The second-order valence-corrected chi connectivity index (χ2v) is 10.4. The van der Waals surface area contributed by atoms with Crippen LogP contribution in [0.25, 0.3) is 0 Å². The third kappa shape index (κ3) is 3.93. The van der Waals surface area contributed by atoms with Gasteiger partial charge in [-0.05, 0) is 30.5 Å². The SMILES string of the molecule is COc1ccc(C2C(C#N)=C(N)N(c3nnc(SC(C)C)s3)C3=C2C(=O)CCC3)cc1. The predicted octanol–water partition coefficient (Wildman–Crippen LogP) is 4.35. The van der Waals surface area contributed by atoms with Crippen LogP contribution in [-0.4, -0.2) is 28.3 Å². The van der Waals surface area contributed by atoms with E-state index in [1.807, 2.05) is 24.3 Å². The first-order valence-electron chi connectivity index (χ1n) is 10.0. The molecule has 0 saturated heterocycles. The van der Waals surface area contributed by atoms with Gasteiger partial charge in [-0.3, -0.25) is 9.69 Å². The Labute approximate surface area is 189 Å². The number of thioether (sulfide) groups is 1. The van der Waals surface area contributed by atoms with Crippen molar-refractivity contribution in [2.24, 2.45) is 5.73 Å². The number of aromatic nitrogens is 2. The highest BCUT2D eigenvalue weighted by molar-refractivity contribution is 8.01. The van der Waals surface area contributed by atoms with E-state index in [-0.39, 0.29) is 5.78 Å². The molecule has 1 atom stereocenters. The minimum atomic E-state index is -0.493. The zero-order valence-corrected chi connectivity index (χ0v) is 19.2. The molecule has 2 heterocycles. The fraction of sp³-hybridized carbons (Fsp3) is 0.364. The molecule has 0 radical (unpaired) electrons. The number of nitriles is 1. The van der Waals surface area contributed by atoms with Crippen LogP contribution in [0.15, 0.2) is 51.3 Å². The number of ether oxygens (including phenoxy) is 1. The zero-order chi connectivity index (χ0) is 22.1. The smallest absolute Gasteiger partial charge is 0.219 e. The van der Waals surface area contributed by atoms with E-state index in [1.165, 1.54) is 11.3 Å². The maximum atomic E-state index is 13.1. The Morgan fingerprint density at radius 1 is 1.29 bits per heavy atom. The maximum absolute atomic E-state index is 13.1. The lowest BCUT2D eigenvalue weighted by Crippen LogP contribution is -2.38. The fourth-order valence-electron chi connectivity index (χ4n) is 3.98. The Morgan fingerprint density at radius 3 is 2.68 bits per heavy atom. The molecular formula is C22H23N5O2S2. The van der Waals surface area contributed by atoms with Crippen molar-refractivity contribution in [2.75, 3.05) is 12.0 Å². The topological polar surface area (TPSA) is 105 Å². The van der Waals surface area contributed by atoms with Crippen molar-refractivity contribution in [3.8, 4) is 11.8 Å². The van der Waals surface area contributed by atoms with E-state index in [0.29, 0.717) is 45.9 Å². The first-order chi connectivity index (χ1) is 14.9.